The highest BCUT2D eigenvalue weighted by atomic mass is 32.2. The van der Waals surface area contributed by atoms with Crippen LogP contribution in [0, 0.1) is 13.8 Å². The summed E-state index contributed by atoms with van der Waals surface area (Å²) in [5.41, 5.74) is 3.67. The molecule has 1 atom stereocenters. The number of sulfonamides is 1. The Labute approximate surface area is 225 Å². The number of hydrogen-bond acceptors (Lipinski definition) is 6. The third-order valence-electron chi connectivity index (χ3n) is 6.80. The molecule has 9 heteroatoms. The molecule has 0 aliphatic rings. The van der Waals surface area contributed by atoms with Crippen LogP contribution in [-0.4, -0.2) is 25.4 Å². The zero-order valence-electron chi connectivity index (χ0n) is 21.8. The maximum absolute atomic E-state index is 13.6. The van der Waals surface area contributed by atoms with Gasteiger partial charge in [-0.25, -0.2) is 18.0 Å². The first kappa shape index (κ1) is 26.4. The third-order valence-corrected chi connectivity index (χ3v) is 8.29. The molecule has 0 spiro atoms. The zero-order valence-corrected chi connectivity index (χ0v) is 22.6. The lowest BCUT2D eigenvalue weighted by atomic mass is 10.0. The van der Waals surface area contributed by atoms with Crippen LogP contribution in [0.2, 0.25) is 0 Å². The summed E-state index contributed by atoms with van der Waals surface area (Å²) in [6.45, 7) is 5.49. The molecule has 0 aliphatic heterocycles. The minimum absolute atomic E-state index is 0.0422. The maximum atomic E-state index is 13.6. The van der Waals surface area contributed by atoms with E-state index in [1.807, 2.05) is 38.1 Å². The largest absolute Gasteiger partial charge is 0.425 e. The molecular weight excluding hydrogens is 516 g/mol. The summed E-state index contributed by atoms with van der Waals surface area (Å²) in [5, 5.41) is 1.63. The molecule has 0 bridgehead atoms. The van der Waals surface area contributed by atoms with Crippen molar-refractivity contribution in [1.29, 1.82) is 0 Å². The van der Waals surface area contributed by atoms with Crippen molar-refractivity contribution in [2.45, 2.75) is 44.6 Å². The molecule has 0 unspecified atom stereocenters. The fraction of sp³-hybridized carbons (Fsp3) is 0.200. The van der Waals surface area contributed by atoms with Crippen LogP contribution >= 0.6 is 0 Å². The van der Waals surface area contributed by atoms with Gasteiger partial charge >= 0.3 is 11.6 Å². The topological polar surface area (TPSA) is 118 Å². The van der Waals surface area contributed by atoms with E-state index in [9.17, 15) is 18.0 Å². The highest BCUT2D eigenvalue weighted by Crippen LogP contribution is 2.29. The number of fused-ring (bicyclic) bond motifs is 2. The van der Waals surface area contributed by atoms with Crippen LogP contribution in [0.15, 0.2) is 87.0 Å². The number of H-pyrrole nitrogens is 1. The third kappa shape index (κ3) is 5.36. The van der Waals surface area contributed by atoms with E-state index in [2.05, 4.69) is 9.71 Å². The molecule has 39 heavy (non-hydrogen) atoms. The molecule has 5 rings (SSSR count). The van der Waals surface area contributed by atoms with E-state index in [4.69, 9.17) is 9.15 Å². The molecule has 8 nitrogen and oxygen atoms in total. The number of rotatable bonds is 8. The predicted octanol–water partition coefficient (Wildman–Crippen LogP) is 4.95. The summed E-state index contributed by atoms with van der Waals surface area (Å²) in [6.07, 6.45) is 2.44. The smallest absolute Gasteiger partial charge is 0.336 e. The lowest BCUT2D eigenvalue weighted by Crippen LogP contribution is -2.44. The number of aryl methyl sites for hydroxylation is 3. The summed E-state index contributed by atoms with van der Waals surface area (Å²) in [6, 6.07) is 17.5. The molecule has 0 radical (unpaired) electrons. The zero-order chi connectivity index (χ0) is 27.7. The molecule has 0 amide bonds. The highest BCUT2D eigenvalue weighted by Gasteiger charge is 2.29. The first-order valence-corrected chi connectivity index (χ1v) is 14.1. The number of aromatic nitrogens is 1. The molecule has 0 saturated carbocycles. The van der Waals surface area contributed by atoms with E-state index in [-0.39, 0.29) is 17.1 Å². The summed E-state index contributed by atoms with van der Waals surface area (Å²) in [7, 11) is -4.05. The van der Waals surface area contributed by atoms with E-state index < -0.39 is 27.7 Å². The van der Waals surface area contributed by atoms with E-state index in [1.54, 1.807) is 37.4 Å². The lowest BCUT2D eigenvalue weighted by molar-refractivity contribution is -0.136. The van der Waals surface area contributed by atoms with Gasteiger partial charge in [0.2, 0.25) is 10.0 Å². The summed E-state index contributed by atoms with van der Waals surface area (Å²) >= 11 is 0. The van der Waals surface area contributed by atoms with Gasteiger partial charge in [-0.05, 0) is 61.7 Å². The van der Waals surface area contributed by atoms with Gasteiger partial charge in [0.15, 0.2) is 0 Å². The Morgan fingerprint density at radius 1 is 1.00 bits per heavy atom. The van der Waals surface area contributed by atoms with Crippen LogP contribution in [-0.2, 0) is 27.7 Å². The number of esters is 1. The fourth-order valence-corrected chi connectivity index (χ4v) is 5.84. The van der Waals surface area contributed by atoms with E-state index in [0.29, 0.717) is 17.6 Å². The Morgan fingerprint density at radius 2 is 1.74 bits per heavy atom. The fourth-order valence-electron chi connectivity index (χ4n) is 4.66. The Balaban J connectivity index is 1.51. The number of para-hydroxylation sites is 1. The second kappa shape index (κ2) is 10.5. The molecule has 2 heterocycles. The Kier molecular flexibility index (Phi) is 7.12. The van der Waals surface area contributed by atoms with Crippen LogP contribution < -0.4 is 15.1 Å². The van der Waals surface area contributed by atoms with Gasteiger partial charge in [0.1, 0.15) is 17.4 Å². The second-order valence-electron chi connectivity index (χ2n) is 9.48. The number of carbonyl (C=O) groups is 1. The normalized spacial score (nSPS) is 12.6. The maximum Gasteiger partial charge on any atom is 0.336 e. The summed E-state index contributed by atoms with van der Waals surface area (Å²) in [4.78, 5) is 28.9. The van der Waals surface area contributed by atoms with Crippen LogP contribution in [0.3, 0.4) is 0 Å². The van der Waals surface area contributed by atoms with Crippen molar-refractivity contribution in [2.75, 3.05) is 0 Å². The van der Waals surface area contributed by atoms with Gasteiger partial charge in [-0.3, -0.25) is 0 Å². The average molecular weight is 545 g/mol. The summed E-state index contributed by atoms with van der Waals surface area (Å²) < 4.78 is 40.3. The van der Waals surface area contributed by atoms with Crippen molar-refractivity contribution in [2.24, 2.45) is 0 Å². The van der Waals surface area contributed by atoms with Gasteiger partial charge in [-0.15, -0.1) is 0 Å². The number of aromatic amines is 1. The van der Waals surface area contributed by atoms with E-state index in [1.165, 1.54) is 18.2 Å². The van der Waals surface area contributed by atoms with Crippen molar-refractivity contribution in [3.63, 3.8) is 0 Å². The number of carbonyl (C=O) groups excluding carboxylic acids is 1. The predicted molar refractivity (Wildman–Crippen MR) is 150 cm³/mol. The Bertz CT molecular complexity index is 1850. The van der Waals surface area contributed by atoms with Gasteiger partial charge in [-0.1, -0.05) is 42.8 Å². The number of nitrogens with one attached hydrogen (secondary N) is 2. The van der Waals surface area contributed by atoms with Crippen LogP contribution in [0.4, 0.5) is 0 Å². The van der Waals surface area contributed by atoms with Crippen molar-refractivity contribution < 1.29 is 22.4 Å². The minimum atomic E-state index is -4.05. The molecule has 0 saturated heterocycles. The van der Waals surface area contributed by atoms with Crippen molar-refractivity contribution in [3.8, 4) is 5.75 Å². The van der Waals surface area contributed by atoms with Gasteiger partial charge in [0, 0.05) is 40.5 Å². The standard InChI is InChI=1S/C30H28N2O6S/c1-4-20-16-28(33)38-29-19(3)27(14-13-24(20)29)37-30(34)26(15-21-17-31-25-8-6-5-7-23(21)25)32-39(35,36)22-11-9-18(2)10-12-22/h5-14,16-17,26,31-32H,4,15H2,1-3H3/t26-/m1/s1. The molecule has 0 fully saturated rings. The van der Waals surface area contributed by atoms with Gasteiger partial charge in [-0.2, -0.15) is 4.72 Å². The highest BCUT2D eigenvalue weighted by molar-refractivity contribution is 7.89. The van der Waals surface area contributed by atoms with E-state index >= 15 is 0 Å². The Hall–Kier alpha value is -4.21. The minimum Gasteiger partial charge on any atom is -0.425 e. The lowest BCUT2D eigenvalue weighted by Gasteiger charge is -2.19. The number of ether oxygens (including phenoxy) is 1. The Morgan fingerprint density at radius 3 is 2.49 bits per heavy atom. The molecule has 2 N–H and O–H groups in total. The van der Waals surface area contributed by atoms with Crippen molar-refractivity contribution in [3.05, 3.63) is 106 Å². The van der Waals surface area contributed by atoms with Crippen molar-refractivity contribution in [1.82, 2.24) is 9.71 Å². The second-order valence-corrected chi connectivity index (χ2v) is 11.2. The van der Waals surface area contributed by atoms with E-state index in [0.717, 1.165) is 33.0 Å². The monoisotopic (exact) mass is 544 g/mol. The molecule has 2 aromatic heterocycles. The molecule has 3 aromatic carbocycles. The molecule has 5 aromatic rings. The quantitative estimate of drug-likeness (QED) is 0.162. The van der Waals surface area contributed by atoms with Gasteiger partial charge in [0.25, 0.3) is 0 Å². The first-order chi connectivity index (χ1) is 18.7. The summed E-state index contributed by atoms with van der Waals surface area (Å²) in [5.74, 6) is -0.602. The van der Waals surface area contributed by atoms with Crippen molar-refractivity contribution >= 4 is 37.9 Å². The SMILES string of the molecule is CCc1cc(=O)oc2c(C)c(OC(=O)[C@@H](Cc3c[nH]c4ccccc34)NS(=O)(=O)c3ccc(C)cc3)ccc12. The average Bonchev–Trinajstić information content (AvgIpc) is 3.32. The molecule has 200 valence electrons. The first-order valence-electron chi connectivity index (χ1n) is 12.6. The van der Waals surface area contributed by atoms with Gasteiger partial charge in [0.05, 0.1) is 4.90 Å². The van der Waals surface area contributed by atoms with Gasteiger partial charge < -0.3 is 14.1 Å². The van der Waals surface area contributed by atoms with Crippen LogP contribution in [0.5, 0.6) is 5.75 Å². The van der Waals surface area contributed by atoms with Crippen LogP contribution in [0.1, 0.15) is 29.2 Å². The number of benzene rings is 3. The molecule has 0 aliphatic carbocycles. The number of hydrogen-bond donors (Lipinski definition) is 2. The molecular formula is C30H28N2O6S. The van der Waals surface area contributed by atoms with Crippen LogP contribution in [0.25, 0.3) is 21.9 Å².